The molecule has 0 unspecified atom stereocenters. The molecule has 0 saturated heterocycles. The fourth-order valence-electron chi connectivity index (χ4n) is 2.36. The molecule has 118 valence electrons. The Kier molecular flexibility index (Phi) is 4.85. The van der Waals surface area contributed by atoms with Crippen molar-refractivity contribution < 1.29 is 17.9 Å². The summed E-state index contributed by atoms with van der Waals surface area (Å²) in [6.45, 7) is 1.67. The summed E-state index contributed by atoms with van der Waals surface area (Å²) >= 11 is 0. The van der Waals surface area contributed by atoms with Gasteiger partial charge in [-0.1, -0.05) is 6.42 Å². The van der Waals surface area contributed by atoms with Gasteiger partial charge in [0.2, 0.25) is 10.0 Å². The summed E-state index contributed by atoms with van der Waals surface area (Å²) in [5, 5.41) is 8.95. The lowest BCUT2D eigenvalue weighted by molar-refractivity contribution is 0.198. The van der Waals surface area contributed by atoms with Crippen LogP contribution in [0.25, 0.3) is 0 Å². The molecule has 2 rings (SSSR count). The third kappa shape index (κ3) is 3.20. The number of halogens is 1. The van der Waals surface area contributed by atoms with E-state index in [0.717, 1.165) is 25.3 Å². The Hall–Kier alpha value is -1.18. The van der Waals surface area contributed by atoms with Crippen molar-refractivity contribution in [3.63, 3.8) is 0 Å². The molecule has 1 aliphatic carbocycles. The van der Waals surface area contributed by atoms with Crippen LogP contribution in [0.4, 0.5) is 10.1 Å². The van der Waals surface area contributed by atoms with E-state index in [1.54, 1.807) is 0 Å². The molecular formula is C14H21FN2O3S. The van der Waals surface area contributed by atoms with E-state index in [1.165, 1.54) is 17.3 Å². The van der Waals surface area contributed by atoms with Gasteiger partial charge in [-0.3, -0.25) is 0 Å². The predicted octanol–water partition coefficient (Wildman–Crippen LogP) is 1.64. The smallest absolute Gasteiger partial charge is 0.243 e. The third-order valence-corrected chi connectivity index (χ3v) is 5.91. The SMILES string of the molecule is Cc1c(N)cc(S(=O)(=O)N(CCCO)C2CCC2)cc1F. The van der Waals surface area contributed by atoms with Crippen LogP contribution in [-0.4, -0.2) is 37.0 Å². The maximum Gasteiger partial charge on any atom is 0.243 e. The largest absolute Gasteiger partial charge is 0.398 e. The molecule has 1 saturated carbocycles. The molecule has 3 N–H and O–H groups in total. The summed E-state index contributed by atoms with van der Waals surface area (Å²) in [5.41, 5.74) is 6.06. The number of aliphatic hydroxyl groups excluding tert-OH is 1. The normalized spacial score (nSPS) is 16.2. The van der Waals surface area contributed by atoms with Crippen LogP contribution in [0.1, 0.15) is 31.2 Å². The number of nitrogens with zero attached hydrogens (tertiary/aromatic N) is 1. The highest BCUT2D eigenvalue weighted by molar-refractivity contribution is 7.89. The lowest BCUT2D eigenvalue weighted by Gasteiger charge is -2.36. The average molecular weight is 316 g/mol. The Morgan fingerprint density at radius 2 is 2.10 bits per heavy atom. The second-order valence-corrected chi connectivity index (χ2v) is 7.29. The van der Waals surface area contributed by atoms with E-state index in [-0.39, 0.29) is 35.3 Å². The van der Waals surface area contributed by atoms with Crippen molar-refractivity contribution in [3.8, 4) is 0 Å². The number of nitrogen functional groups attached to an aromatic ring is 1. The van der Waals surface area contributed by atoms with E-state index in [4.69, 9.17) is 10.8 Å². The first kappa shape index (κ1) is 16.2. The molecule has 0 bridgehead atoms. The van der Waals surface area contributed by atoms with Gasteiger partial charge in [-0.25, -0.2) is 12.8 Å². The first-order chi connectivity index (χ1) is 9.87. The van der Waals surface area contributed by atoms with E-state index in [0.29, 0.717) is 6.42 Å². The van der Waals surface area contributed by atoms with Gasteiger partial charge in [-0.15, -0.1) is 0 Å². The summed E-state index contributed by atoms with van der Waals surface area (Å²) in [6, 6.07) is 2.26. The second kappa shape index (κ2) is 6.29. The molecule has 1 aromatic carbocycles. The molecule has 7 heteroatoms. The van der Waals surface area contributed by atoms with Crippen LogP contribution in [0.15, 0.2) is 17.0 Å². The number of sulfonamides is 1. The number of nitrogens with two attached hydrogens (primary N) is 1. The van der Waals surface area contributed by atoms with E-state index in [9.17, 15) is 12.8 Å². The Labute approximate surface area is 124 Å². The van der Waals surface area contributed by atoms with Gasteiger partial charge in [0.1, 0.15) is 5.82 Å². The van der Waals surface area contributed by atoms with Crippen LogP contribution in [0.5, 0.6) is 0 Å². The minimum Gasteiger partial charge on any atom is -0.398 e. The standard InChI is InChI=1S/C14H21FN2O3S/c1-10-13(15)8-12(9-14(10)16)21(19,20)17(6-3-7-18)11-4-2-5-11/h8-9,11,18H,2-7,16H2,1H3. The Morgan fingerprint density at radius 1 is 1.43 bits per heavy atom. The zero-order valence-corrected chi connectivity index (χ0v) is 12.9. The van der Waals surface area contributed by atoms with Gasteiger partial charge in [0, 0.05) is 30.4 Å². The zero-order chi connectivity index (χ0) is 15.6. The fraction of sp³-hybridized carbons (Fsp3) is 0.571. The summed E-state index contributed by atoms with van der Waals surface area (Å²) in [4.78, 5) is -0.118. The number of benzene rings is 1. The summed E-state index contributed by atoms with van der Waals surface area (Å²) in [6.07, 6.45) is 2.95. The Balaban J connectivity index is 2.37. The van der Waals surface area contributed by atoms with Crippen molar-refractivity contribution in [1.82, 2.24) is 4.31 Å². The lowest BCUT2D eigenvalue weighted by atomic mass is 9.93. The summed E-state index contributed by atoms with van der Waals surface area (Å²) in [5.74, 6) is -0.621. The van der Waals surface area contributed by atoms with Crippen LogP contribution in [-0.2, 0) is 10.0 Å². The van der Waals surface area contributed by atoms with E-state index in [2.05, 4.69) is 0 Å². The van der Waals surface area contributed by atoms with E-state index < -0.39 is 15.8 Å². The van der Waals surface area contributed by atoms with E-state index in [1.807, 2.05) is 0 Å². The molecule has 21 heavy (non-hydrogen) atoms. The Bertz CT molecular complexity index is 592. The van der Waals surface area contributed by atoms with Gasteiger partial charge < -0.3 is 10.8 Å². The van der Waals surface area contributed by atoms with E-state index >= 15 is 0 Å². The number of aliphatic hydroxyl groups is 1. The van der Waals surface area contributed by atoms with Gasteiger partial charge in [0.05, 0.1) is 4.90 Å². The van der Waals surface area contributed by atoms with Gasteiger partial charge in [0.25, 0.3) is 0 Å². The van der Waals surface area contributed by atoms with Crippen LogP contribution in [0.3, 0.4) is 0 Å². The molecule has 0 heterocycles. The van der Waals surface area contributed by atoms with Crippen molar-refractivity contribution in [2.75, 3.05) is 18.9 Å². The molecule has 5 nitrogen and oxygen atoms in total. The summed E-state index contributed by atoms with van der Waals surface area (Å²) < 4.78 is 40.6. The van der Waals surface area contributed by atoms with Crippen LogP contribution < -0.4 is 5.73 Å². The highest BCUT2D eigenvalue weighted by atomic mass is 32.2. The predicted molar refractivity (Wildman–Crippen MR) is 78.8 cm³/mol. The molecule has 0 atom stereocenters. The van der Waals surface area contributed by atoms with Crippen molar-refractivity contribution in [1.29, 1.82) is 0 Å². The molecule has 1 fully saturated rings. The lowest BCUT2D eigenvalue weighted by Crippen LogP contribution is -2.44. The van der Waals surface area contributed by atoms with Crippen molar-refractivity contribution >= 4 is 15.7 Å². The highest BCUT2D eigenvalue weighted by Gasteiger charge is 2.35. The highest BCUT2D eigenvalue weighted by Crippen LogP contribution is 2.31. The van der Waals surface area contributed by atoms with Crippen LogP contribution in [0.2, 0.25) is 0 Å². The first-order valence-electron chi connectivity index (χ1n) is 7.06. The molecule has 0 spiro atoms. The molecule has 0 aromatic heterocycles. The third-order valence-electron chi connectivity index (χ3n) is 3.98. The van der Waals surface area contributed by atoms with Crippen molar-refractivity contribution in [2.45, 2.75) is 43.5 Å². The number of rotatable bonds is 6. The minimum absolute atomic E-state index is 0.0628. The number of hydrogen-bond donors (Lipinski definition) is 2. The van der Waals surface area contributed by atoms with Crippen molar-refractivity contribution in [2.24, 2.45) is 0 Å². The average Bonchev–Trinajstić information content (AvgIpc) is 2.37. The van der Waals surface area contributed by atoms with Gasteiger partial charge in [0.15, 0.2) is 0 Å². The molecular weight excluding hydrogens is 295 g/mol. The number of hydrogen-bond acceptors (Lipinski definition) is 4. The van der Waals surface area contributed by atoms with Crippen LogP contribution in [0, 0.1) is 12.7 Å². The second-order valence-electron chi connectivity index (χ2n) is 5.40. The molecule has 1 aliphatic rings. The summed E-state index contributed by atoms with van der Waals surface area (Å²) in [7, 11) is -3.79. The monoisotopic (exact) mass is 316 g/mol. The number of anilines is 1. The van der Waals surface area contributed by atoms with Gasteiger partial charge in [-0.2, -0.15) is 4.31 Å². The van der Waals surface area contributed by atoms with Gasteiger partial charge >= 0.3 is 0 Å². The first-order valence-corrected chi connectivity index (χ1v) is 8.50. The quantitative estimate of drug-likeness (QED) is 0.782. The molecule has 0 aliphatic heterocycles. The minimum atomic E-state index is -3.79. The molecule has 0 radical (unpaired) electrons. The molecule has 0 amide bonds. The Morgan fingerprint density at radius 3 is 2.57 bits per heavy atom. The fourth-order valence-corrected chi connectivity index (χ4v) is 4.13. The van der Waals surface area contributed by atoms with Crippen molar-refractivity contribution in [3.05, 3.63) is 23.5 Å². The zero-order valence-electron chi connectivity index (χ0n) is 12.0. The molecule has 1 aromatic rings. The topological polar surface area (TPSA) is 83.6 Å². The van der Waals surface area contributed by atoms with Crippen LogP contribution >= 0.6 is 0 Å². The maximum atomic E-state index is 13.8. The van der Waals surface area contributed by atoms with Gasteiger partial charge in [-0.05, 0) is 38.3 Å². The maximum absolute atomic E-state index is 13.8.